The van der Waals surface area contributed by atoms with E-state index in [1.165, 1.54) is 13.2 Å². The van der Waals surface area contributed by atoms with Crippen molar-refractivity contribution in [3.63, 3.8) is 0 Å². The number of carbonyl (C=O) groups is 2. The third kappa shape index (κ3) is 4.89. The fraction of sp³-hybridized carbons (Fsp3) is 0.300. The fourth-order valence-corrected chi connectivity index (χ4v) is 2.41. The van der Waals surface area contributed by atoms with Crippen LogP contribution in [0.25, 0.3) is 0 Å². The number of halogens is 1. The lowest BCUT2D eigenvalue weighted by Gasteiger charge is -2.24. The Balaban J connectivity index is 1.97. The average Bonchev–Trinajstić information content (AvgIpc) is 2.64. The molecule has 0 heterocycles. The molecule has 5 nitrogen and oxygen atoms in total. The van der Waals surface area contributed by atoms with Crippen molar-refractivity contribution in [3.8, 4) is 0 Å². The number of anilines is 1. The Morgan fingerprint density at radius 2 is 1.85 bits per heavy atom. The molecule has 0 aromatic heterocycles. The molecule has 2 aromatic carbocycles. The van der Waals surface area contributed by atoms with Gasteiger partial charge in [0, 0.05) is 12.2 Å². The molecule has 2 rings (SSSR count). The molecule has 0 aliphatic rings. The Labute approximate surface area is 152 Å². The zero-order valence-corrected chi connectivity index (χ0v) is 15.4. The first kappa shape index (κ1) is 19.6. The zero-order valence-electron chi connectivity index (χ0n) is 15.4. The molecule has 138 valence electrons. The molecule has 1 N–H and O–H groups in total. The Morgan fingerprint density at radius 3 is 2.42 bits per heavy atom. The van der Waals surface area contributed by atoms with Gasteiger partial charge in [-0.3, -0.25) is 9.69 Å². The molecule has 26 heavy (non-hydrogen) atoms. The molecule has 0 aliphatic heterocycles. The molecule has 2 aromatic rings. The molecule has 1 amide bonds. The van der Waals surface area contributed by atoms with Gasteiger partial charge in [0.1, 0.15) is 5.82 Å². The molecule has 0 saturated heterocycles. The number of benzene rings is 2. The molecule has 0 bridgehead atoms. The number of likely N-dealkylation sites (N-methyl/N-ethyl adjacent to an activating group) is 1. The van der Waals surface area contributed by atoms with Crippen molar-refractivity contribution in [2.24, 2.45) is 0 Å². The van der Waals surface area contributed by atoms with Crippen molar-refractivity contribution in [1.29, 1.82) is 0 Å². The smallest absolute Gasteiger partial charge is 0.337 e. The SMILES string of the molecule is COC(=O)c1ccc(CN(C)[C@@H](C)C(=O)Nc2ccc(C)c(F)c2)cc1. The van der Waals surface area contributed by atoms with Crippen LogP contribution in [0.5, 0.6) is 0 Å². The highest BCUT2D eigenvalue weighted by Gasteiger charge is 2.19. The largest absolute Gasteiger partial charge is 0.465 e. The van der Waals surface area contributed by atoms with E-state index in [0.717, 1.165) is 5.56 Å². The van der Waals surface area contributed by atoms with E-state index < -0.39 is 6.04 Å². The zero-order chi connectivity index (χ0) is 19.3. The summed E-state index contributed by atoms with van der Waals surface area (Å²) in [7, 11) is 3.17. The highest BCUT2D eigenvalue weighted by molar-refractivity contribution is 5.94. The first-order valence-corrected chi connectivity index (χ1v) is 8.26. The fourth-order valence-electron chi connectivity index (χ4n) is 2.41. The first-order valence-electron chi connectivity index (χ1n) is 8.26. The highest BCUT2D eigenvalue weighted by atomic mass is 19.1. The number of ether oxygens (including phenoxy) is 1. The predicted octanol–water partition coefficient (Wildman–Crippen LogP) is 3.38. The molecule has 1 atom stereocenters. The van der Waals surface area contributed by atoms with Gasteiger partial charge in [0.15, 0.2) is 0 Å². The van der Waals surface area contributed by atoms with E-state index in [9.17, 15) is 14.0 Å². The van der Waals surface area contributed by atoms with Crippen LogP contribution in [0.15, 0.2) is 42.5 Å². The van der Waals surface area contributed by atoms with Gasteiger partial charge in [0.2, 0.25) is 5.91 Å². The van der Waals surface area contributed by atoms with E-state index in [-0.39, 0.29) is 17.7 Å². The van der Waals surface area contributed by atoms with Gasteiger partial charge < -0.3 is 10.1 Å². The van der Waals surface area contributed by atoms with E-state index in [1.807, 2.05) is 24.1 Å². The van der Waals surface area contributed by atoms with Crippen molar-refractivity contribution in [3.05, 3.63) is 65.0 Å². The quantitative estimate of drug-likeness (QED) is 0.805. The van der Waals surface area contributed by atoms with E-state index in [4.69, 9.17) is 0 Å². The normalized spacial score (nSPS) is 11.9. The van der Waals surface area contributed by atoms with Crippen LogP contribution in [-0.2, 0) is 16.1 Å². The lowest BCUT2D eigenvalue weighted by molar-refractivity contribution is -0.120. The Hall–Kier alpha value is -2.73. The molecule has 0 radical (unpaired) electrons. The molecular formula is C20H23FN2O3. The molecule has 6 heteroatoms. The molecule has 0 saturated carbocycles. The van der Waals surface area contributed by atoms with Gasteiger partial charge >= 0.3 is 5.97 Å². The maximum atomic E-state index is 13.6. The van der Waals surface area contributed by atoms with E-state index in [0.29, 0.717) is 23.4 Å². The van der Waals surface area contributed by atoms with Crippen LogP contribution < -0.4 is 5.32 Å². The van der Waals surface area contributed by atoms with Gasteiger partial charge in [-0.15, -0.1) is 0 Å². The van der Waals surface area contributed by atoms with Gasteiger partial charge in [0.25, 0.3) is 0 Å². The minimum Gasteiger partial charge on any atom is -0.465 e. The molecular weight excluding hydrogens is 335 g/mol. The van der Waals surface area contributed by atoms with Gasteiger partial charge in [-0.1, -0.05) is 18.2 Å². The standard InChI is InChI=1S/C20H23FN2O3/c1-13-5-10-17(11-18(13)21)22-19(24)14(2)23(3)12-15-6-8-16(9-7-15)20(25)26-4/h5-11,14H,12H2,1-4H3,(H,22,24)/t14-/m0/s1. The highest BCUT2D eigenvalue weighted by Crippen LogP contribution is 2.15. The van der Waals surface area contributed by atoms with Crippen LogP contribution in [0.3, 0.4) is 0 Å². The van der Waals surface area contributed by atoms with E-state index >= 15 is 0 Å². The Bertz CT molecular complexity index is 790. The summed E-state index contributed by atoms with van der Waals surface area (Å²) >= 11 is 0. The maximum absolute atomic E-state index is 13.6. The van der Waals surface area contributed by atoms with Gasteiger partial charge in [-0.25, -0.2) is 9.18 Å². The number of hydrogen-bond donors (Lipinski definition) is 1. The molecule has 0 aliphatic carbocycles. The number of nitrogens with zero attached hydrogens (tertiary/aromatic N) is 1. The van der Waals surface area contributed by atoms with E-state index in [2.05, 4.69) is 10.1 Å². The number of amides is 1. The summed E-state index contributed by atoms with van der Waals surface area (Å²) in [6.45, 7) is 3.98. The molecule has 0 fully saturated rings. The Morgan fingerprint density at radius 1 is 1.19 bits per heavy atom. The number of esters is 1. The number of methoxy groups -OCH3 is 1. The van der Waals surface area contributed by atoms with Crippen molar-refractivity contribution >= 4 is 17.6 Å². The monoisotopic (exact) mass is 358 g/mol. The van der Waals surface area contributed by atoms with E-state index in [1.54, 1.807) is 38.1 Å². The number of hydrogen-bond acceptors (Lipinski definition) is 4. The third-order valence-corrected chi connectivity index (χ3v) is 4.29. The summed E-state index contributed by atoms with van der Waals surface area (Å²) < 4.78 is 18.3. The molecule has 0 spiro atoms. The van der Waals surface area contributed by atoms with Crippen molar-refractivity contribution < 1.29 is 18.7 Å². The third-order valence-electron chi connectivity index (χ3n) is 4.29. The van der Waals surface area contributed by atoms with Gasteiger partial charge in [0.05, 0.1) is 18.7 Å². The number of aryl methyl sites for hydroxylation is 1. The first-order chi connectivity index (χ1) is 12.3. The summed E-state index contributed by atoms with van der Waals surface area (Å²) in [4.78, 5) is 25.7. The van der Waals surface area contributed by atoms with Crippen LogP contribution in [0.2, 0.25) is 0 Å². The Kier molecular flexibility index (Phi) is 6.46. The summed E-state index contributed by atoms with van der Waals surface area (Å²) in [6.07, 6.45) is 0. The second-order valence-electron chi connectivity index (χ2n) is 6.23. The minimum absolute atomic E-state index is 0.220. The van der Waals surface area contributed by atoms with Crippen LogP contribution in [0, 0.1) is 12.7 Å². The summed E-state index contributed by atoms with van der Waals surface area (Å²) in [5, 5.41) is 2.73. The van der Waals surface area contributed by atoms with Crippen LogP contribution in [0.1, 0.15) is 28.4 Å². The van der Waals surface area contributed by atoms with Gasteiger partial charge in [-0.2, -0.15) is 0 Å². The maximum Gasteiger partial charge on any atom is 0.337 e. The number of nitrogens with one attached hydrogen (secondary N) is 1. The second-order valence-corrected chi connectivity index (χ2v) is 6.23. The molecule has 0 unspecified atom stereocenters. The van der Waals surface area contributed by atoms with Gasteiger partial charge in [-0.05, 0) is 56.3 Å². The van der Waals surface area contributed by atoms with Crippen LogP contribution in [-0.4, -0.2) is 37.0 Å². The topological polar surface area (TPSA) is 58.6 Å². The summed E-state index contributed by atoms with van der Waals surface area (Å²) in [6, 6.07) is 11.2. The van der Waals surface area contributed by atoms with Crippen molar-refractivity contribution in [1.82, 2.24) is 4.90 Å². The van der Waals surface area contributed by atoms with Crippen LogP contribution in [0.4, 0.5) is 10.1 Å². The lowest BCUT2D eigenvalue weighted by Crippen LogP contribution is -2.39. The average molecular weight is 358 g/mol. The lowest BCUT2D eigenvalue weighted by atomic mass is 10.1. The number of carbonyl (C=O) groups excluding carboxylic acids is 2. The summed E-state index contributed by atoms with van der Waals surface area (Å²) in [5.74, 6) is -0.959. The number of rotatable bonds is 6. The predicted molar refractivity (Wildman–Crippen MR) is 98.5 cm³/mol. The summed E-state index contributed by atoms with van der Waals surface area (Å²) in [5.41, 5.74) is 2.40. The van der Waals surface area contributed by atoms with Crippen LogP contribution >= 0.6 is 0 Å². The van der Waals surface area contributed by atoms with Crippen molar-refractivity contribution in [2.75, 3.05) is 19.5 Å². The van der Waals surface area contributed by atoms with Crippen molar-refractivity contribution in [2.45, 2.75) is 26.4 Å². The second kappa shape index (κ2) is 8.58. The minimum atomic E-state index is -0.417.